The van der Waals surface area contributed by atoms with Crippen LogP contribution < -0.4 is 5.32 Å². The summed E-state index contributed by atoms with van der Waals surface area (Å²) in [5, 5.41) is 3.13. The second kappa shape index (κ2) is 7.26. The lowest BCUT2D eigenvalue weighted by molar-refractivity contribution is 0.0726. The van der Waals surface area contributed by atoms with Crippen LogP contribution >= 0.6 is 0 Å². The number of nitrogens with zero attached hydrogens (tertiary/aromatic N) is 1. The SMILES string of the molecule is CNCC1CN(C(=O)OCc2ccccc2)CC1OC. The van der Waals surface area contributed by atoms with Gasteiger partial charge in [-0.15, -0.1) is 0 Å². The lowest BCUT2D eigenvalue weighted by atomic mass is 10.1. The smallest absolute Gasteiger partial charge is 0.410 e. The van der Waals surface area contributed by atoms with Gasteiger partial charge in [-0.25, -0.2) is 4.79 Å². The summed E-state index contributed by atoms with van der Waals surface area (Å²) in [5.74, 6) is 0.314. The summed E-state index contributed by atoms with van der Waals surface area (Å²) in [4.78, 5) is 13.8. The highest BCUT2D eigenvalue weighted by Crippen LogP contribution is 2.20. The summed E-state index contributed by atoms with van der Waals surface area (Å²) >= 11 is 0. The Morgan fingerprint density at radius 1 is 1.35 bits per heavy atom. The fourth-order valence-corrected chi connectivity index (χ4v) is 2.53. The highest BCUT2D eigenvalue weighted by atomic mass is 16.6. The van der Waals surface area contributed by atoms with Crippen molar-refractivity contribution in [2.24, 2.45) is 5.92 Å². The van der Waals surface area contributed by atoms with Crippen LogP contribution in [0, 0.1) is 5.92 Å². The van der Waals surface area contributed by atoms with E-state index in [2.05, 4.69) is 5.32 Å². The third kappa shape index (κ3) is 3.71. The molecule has 0 bridgehead atoms. The van der Waals surface area contributed by atoms with Crippen LogP contribution in [0.15, 0.2) is 30.3 Å². The van der Waals surface area contributed by atoms with E-state index >= 15 is 0 Å². The van der Waals surface area contributed by atoms with Gasteiger partial charge in [0.1, 0.15) is 6.61 Å². The Labute approximate surface area is 119 Å². The van der Waals surface area contributed by atoms with Crippen molar-refractivity contribution in [1.82, 2.24) is 10.2 Å². The normalized spacial score (nSPS) is 22.0. The summed E-state index contributed by atoms with van der Waals surface area (Å²) < 4.78 is 10.8. The Balaban J connectivity index is 1.84. The van der Waals surface area contributed by atoms with Gasteiger partial charge in [-0.3, -0.25) is 0 Å². The van der Waals surface area contributed by atoms with Crippen LogP contribution in [-0.2, 0) is 16.1 Å². The van der Waals surface area contributed by atoms with E-state index < -0.39 is 0 Å². The first-order chi connectivity index (χ1) is 9.74. The van der Waals surface area contributed by atoms with Crippen molar-refractivity contribution < 1.29 is 14.3 Å². The highest BCUT2D eigenvalue weighted by Gasteiger charge is 2.35. The molecule has 2 rings (SSSR count). The molecule has 1 saturated heterocycles. The van der Waals surface area contributed by atoms with Gasteiger partial charge < -0.3 is 19.7 Å². The van der Waals surface area contributed by atoms with E-state index in [4.69, 9.17) is 9.47 Å². The molecule has 0 radical (unpaired) electrons. The van der Waals surface area contributed by atoms with E-state index in [9.17, 15) is 4.79 Å². The van der Waals surface area contributed by atoms with Crippen molar-refractivity contribution in [3.05, 3.63) is 35.9 Å². The molecule has 0 aliphatic carbocycles. The molecule has 1 aliphatic heterocycles. The average Bonchev–Trinajstić information content (AvgIpc) is 2.89. The monoisotopic (exact) mass is 278 g/mol. The zero-order valence-corrected chi connectivity index (χ0v) is 12.0. The molecule has 0 saturated carbocycles. The Morgan fingerprint density at radius 2 is 2.10 bits per heavy atom. The first kappa shape index (κ1) is 14.8. The predicted octanol–water partition coefficient (Wildman–Crippen LogP) is 1.49. The number of rotatable bonds is 5. The maximum atomic E-state index is 12.1. The van der Waals surface area contributed by atoms with Crippen LogP contribution in [0.3, 0.4) is 0 Å². The molecule has 2 unspecified atom stereocenters. The van der Waals surface area contributed by atoms with Crippen molar-refractivity contribution in [2.75, 3.05) is 33.8 Å². The maximum Gasteiger partial charge on any atom is 0.410 e. The van der Waals surface area contributed by atoms with E-state index in [1.165, 1.54) is 0 Å². The maximum absolute atomic E-state index is 12.1. The van der Waals surface area contributed by atoms with Gasteiger partial charge in [0.15, 0.2) is 0 Å². The van der Waals surface area contributed by atoms with Gasteiger partial charge in [0.2, 0.25) is 0 Å². The molecule has 110 valence electrons. The third-order valence-corrected chi connectivity index (χ3v) is 3.61. The van der Waals surface area contributed by atoms with E-state index in [1.807, 2.05) is 37.4 Å². The summed E-state index contributed by atoms with van der Waals surface area (Å²) in [7, 11) is 3.59. The van der Waals surface area contributed by atoms with E-state index in [0.29, 0.717) is 25.6 Å². The van der Waals surface area contributed by atoms with Gasteiger partial charge in [0.25, 0.3) is 0 Å². The summed E-state index contributed by atoms with van der Waals surface area (Å²) in [5.41, 5.74) is 0.995. The number of nitrogens with one attached hydrogen (secondary N) is 1. The van der Waals surface area contributed by atoms with Gasteiger partial charge in [0.05, 0.1) is 12.6 Å². The van der Waals surface area contributed by atoms with Crippen molar-refractivity contribution in [3.8, 4) is 0 Å². The summed E-state index contributed by atoms with van der Waals surface area (Å²) in [6.07, 6.45) is -0.193. The molecule has 1 aromatic carbocycles. The molecule has 1 aliphatic rings. The number of benzene rings is 1. The number of likely N-dealkylation sites (tertiary alicyclic amines) is 1. The predicted molar refractivity (Wildman–Crippen MR) is 76.4 cm³/mol. The summed E-state index contributed by atoms with van der Waals surface area (Å²) in [6, 6.07) is 9.70. The Hall–Kier alpha value is -1.59. The number of hydrogen-bond donors (Lipinski definition) is 1. The van der Waals surface area contributed by atoms with Crippen LogP contribution in [0.2, 0.25) is 0 Å². The lowest BCUT2D eigenvalue weighted by Gasteiger charge is -2.16. The molecule has 20 heavy (non-hydrogen) atoms. The van der Waals surface area contributed by atoms with Gasteiger partial charge in [-0.1, -0.05) is 30.3 Å². The molecule has 1 heterocycles. The van der Waals surface area contributed by atoms with Gasteiger partial charge in [-0.05, 0) is 12.6 Å². The van der Waals surface area contributed by atoms with Crippen LogP contribution in [0.1, 0.15) is 5.56 Å². The second-order valence-corrected chi connectivity index (χ2v) is 5.04. The van der Waals surface area contributed by atoms with E-state index in [1.54, 1.807) is 12.0 Å². The molecule has 5 heteroatoms. The quantitative estimate of drug-likeness (QED) is 0.886. The Morgan fingerprint density at radius 3 is 2.75 bits per heavy atom. The van der Waals surface area contributed by atoms with Crippen LogP contribution in [-0.4, -0.2) is 50.9 Å². The van der Waals surface area contributed by atoms with Crippen LogP contribution in [0.5, 0.6) is 0 Å². The Kier molecular flexibility index (Phi) is 5.38. The minimum atomic E-state index is -0.269. The third-order valence-electron chi connectivity index (χ3n) is 3.61. The van der Waals surface area contributed by atoms with E-state index in [-0.39, 0.29) is 12.2 Å². The first-order valence-electron chi connectivity index (χ1n) is 6.87. The molecular formula is C15H22N2O3. The van der Waals surface area contributed by atoms with Gasteiger partial charge in [0, 0.05) is 26.1 Å². The molecule has 1 N–H and O–H groups in total. The molecular weight excluding hydrogens is 256 g/mol. The van der Waals surface area contributed by atoms with Gasteiger partial charge >= 0.3 is 6.09 Å². The fourth-order valence-electron chi connectivity index (χ4n) is 2.53. The molecule has 1 aromatic rings. The number of hydrogen-bond acceptors (Lipinski definition) is 4. The molecule has 2 atom stereocenters. The average molecular weight is 278 g/mol. The molecule has 5 nitrogen and oxygen atoms in total. The van der Waals surface area contributed by atoms with Crippen molar-refractivity contribution in [3.63, 3.8) is 0 Å². The number of carbonyl (C=O) groups is 1. The second-order valence-electron chi connectivity index (χ2n) is 5.04. The minimum absolute atomic E-state index is 0.0757. The Bertz CT molecular complexity index is 424. The van der Waals surface area contributed by atoms with Crippen LogP contribution in [0.4, 0.5) is 4.79 Å². The summed E-state index contributed by atoms with van der Waals surface area (Å²) in [6.45, 7) is 2.41. The molecule has 0 aromatic heterocycles. The fraction of sp³-hybridized carbons (Fsp3) is 0.533. The van der Waals surface area contributed by atoms with Crippen LogP contribution in [0.25, 0.3) is 0 Å². The number of amides is 1. The minimum Gasteiger partial charge on any atom is -0.445 e. The molecule has 0 spiro atoms. The molecule has 1 fully saturated rings. The number of methoxy groups -OCH3 is 1. The largest absolute Gasteiger partial charge is 0.445 e. The zero-order valence-electron chi connectivity index (χ0n) is 12.0. The van der Waals surface area contributed by atoms with Crippen molar-refractivity contribution >= 4 is 6.09 Å². The topological polar surface area (TPSA) is 50.8 Å². The van der Waals surface area contributed by atoms with E-state index in [0.717, 1.165) is 12.1 Å². The highest BCUT2D eigenvalue weighted by molar-refractivity contribution is 5.68. The first-order valence-corrected chi connectivity index (χ1v) is 6.87. The molecule has 1 amide bonds. The lowest BCUT2D eigenvalue weighted by Crippen LogP contribution is -2.30. The standard InChI is InChI=1S/C15H22N2O3/c1-16-8-13-9-17(10-14(13)19-2)15(18)20-11-12-6-4-3-5-7-12/h3-7,13-14,16H,8-11H2,1-2H3. The zero-order chi connectivity index (χ0) is 14.4. The number of ether oxygens (including phenoxy) is 2. The van der Waals surface area contributed by atoms with Gasteiger partial charge in [-0.2, -0.15) is 0 Å². The van der Waals surface area contributed by atoms with Crippen molar-refractivity contribution in [2.45, 2.75) is 12.7 Å². The van der Waals surface area contributed by atoms with Crippen molar-refractivity contribution in [1.29, 1.82) is 0 Å². The number of carbonyl (C=O) groups excluding carboxylic acids is 1.